The summed E-state index contributed by atoms with van der Waals surface area (Å²) in [6.45, 7) is 3.38. The Morgan fingerprint density at radius 3 is 2.25 bits per heavy atom. The fraction of sp³-hybridized carbons (Fsp3) is 1.00. The van der Waals surface area contributed by atoms with Gasteiger partial charge >= 0.3 is 0 Å². The molecule has 4 unspecified atom stereocenters. The van der Waals surface area contributed by atoms with Gasteiger partial charge in [0.15, 0.2) is 0 Å². The lowest BCUT2D eigenvalue weighted by Gasteiger charge is -2.39. The molecule has 1 fully saturated rings. The van der Waals surface area contributed by atoms with Crippen molar-refractivity contribution < 1.29 is 20.1 Å². The van der Waals surface area contributed by atoms with Crippen LogP contribution in [0.15, 0.2) is 0 Å². The van der Waals surface area contributed by atoms with Gasteiger partial charge in [0.25, 0.3) is 0 Å². The minimum absolute atomic E-state index is 0.0946. The largest absolute Gasteiger partial charge is 0.394 e. The molecule has 4 nitrogen and oxygen atoms in total. The Hall–Kier alpha value is -0.160. The molecule has 0 saturated carbocycles. The normalized spacial score (nSPS) is 49.2. The summed E-state index contributed by atoms with van der Waals surface area (Å²) in [5, 5.41) is 27.7. The Morgan fingerprint density at radius 2 is 1.75 bits per heavy atom. The molecule has 1 aliphatic rings. The summed E-state index contributed by atoms with van der Waals surface area (Å²) in [4.78, 5) is 0. The monoisotopic (exact) mass is 176 g/mol. The first kappa shape index (κ1) is 9.92. The van der Waals surface area contributed by atoms with E-state index in [1.165, 1.54) is 0 Å². The van der Waals surface area contributed by atoms with Crippen LogP contribution in [0.1, 0.15) is 13.8 Å². The highest BCUT2D eigenvalue weighted by molar-refractivity contribution is 4.87. The fourth-order valence-corrected chi connectivity index (χ4v) is 1.44. The van der Waals surface area contributed by atoms with Crippen molar-refractivity contribution in [2.45, 2.75) is 38.3 Å². The van der Waals surface area contributed by atoms with Gasteiger partial charge in [-0.1, -0.05) is 6.92 Å². The number of rotatable bonds is 1. The minimum Gasteiger partial charge on any atom is -0.394 e. The van der Waals surface area contributed by atoms with Crippen LogP contribution in [0, 0.1) is 5.92 Å². The SMILES string of the molecule is CC1C(O)C(O)C(CO)O[C@@H]1C. The second-order valence-electron chi connectivity index (χ2n) is 3.40. The zero-order valence-electron chi connectivity index (χ0n) is 7.34. The molecule has 0 aliphatic carbocycles. The van der Waals surface area contributed by atoms with Crippen molar-refractivity contribution in [3.8, 4) is 0 Å². The highest BCUT2D eigenvalue weighted by atomic mass is 16.5. The lowest BCUT2D eigenvalue weighted by Crippen LogP contribution is -2.53. The molecule has 72 valence electrons. The molecule has 0 amide bonds. The number of aliphatic hydroxyl groups is 3. The second-order valence-corrected chi connectivity index (χ2v) is 3.40. The summed E-state index contributed by atoms with van der Waals surface area (Å²) in [7, 11) is 0. The third kappa shape index (κ3) is 1.61. The maximum Gasteiger partial charge on any atom is 0.109 e. The molecule has 0 spiro atoms. The van der Waals surface area contributed by atoms with Crippen LogP contribution in [-0.4, -0.2) is 46.3 Å². The summed E-state index contributed by atoms with van der Waals surface area (Å²) in [5.74, 6) is -0.0946. The molecule has 12 heavy (non-hydrogen) atoms. The second kappa shape index (κ2) is 3.70. The molecule has 0 radical (unpaired) electrons. The summed E-state index contributed by atoms with van der Waals surface area (Å²) >= 11 is 0. The van der Waals surface area contributed by atoms with Crippen molar-refractivity contribution >= 4 is 0 Å². The third-order valence-electron chi connectivity index (χ3n) is 2.58. The average molecular weight is 176 g/mol. The Morgan fingerprint density at radius 1 is 1.17 bits per heavy atom. The Balaban J connectivity index is 2.63. The van der Waals surface area contributed by atoms with Gasteiger partial charge in [-0.2, -0.15) is 0 Å². The Kier molecular flexibility index (Phi) is 3.06. The first-order valence-corrected chi connectivity index (χ1v) is 4.20. The van der Waals surface area contributed by atoms with Gasteiger partial charge in [-0.25, -0.2) is 0 Å². The number of hydrogen-bond donors (Lipinski definition) is 3. The van der Waals surface area contributed by atoms with Crippen LogP contribution in [0.5, 0.6) is 0 Å². The highest BCUT2D eigenvalue weighted by Gasteiger charge is 2.39. The van der Waals surface area contributed by atoms with Crippen LogP contribution < -0.4 is 0 Å². The molecular weight excluding hydrogens is 160 g/mol. The fourth-order valence-electron chi connectivity index (χ4n) is 1.44. The van der Waals surface area contributed by atoms with E-state index in [2.05, 4.69) is 0 Å². The van der Waals surface area contributed by atoms with E-state index in [4.69, 9.17) is 9.84 Å². The van der Waals surface area contributed by atoms with Gasteiger partial charge in [0.2, 0.25) is 0 Å². The average Bonchev–Trinajstić information content (AvgIpc) is 2.08. The number of ether oxygens (including phenoxy) is 1. The smallest absolute Gasteiger partial charge is 0.109 e. The molecule has 0 aromatic rings. The van der Waals surface area contributed by atoms with Gasteiger partial charge in [-0.05, 0) is 6.92 Å². The molecule has 3 N–H and O–H groups in total. The Labute approximate surface area is 71.8 Å². The van der Waals surface area contributed by atoms with E-state index >= 15 is 0 Å². The van der Waals surface area contributed by atoms with Crippen molar-refractivity contribution in [2.24, 2.45) is 5.92 Å². The lowest BCUT2D eigenvalue weighted by molar-refractivity contribution is -0.200. The van der Waals surface area contributed by atoms with Gasteiger partial charge in [0.05, 0.1) is 18.8 Å². The summed E-state index contributed by atoms with van der Waals surface area (Å²) < 4.78 is 5.27. The first-order chi connectivity index (χ1) is 5.57. The molecule has 5 atom stereocenters. The van der Waals surface area contributed by atoms with Crippen LogP contribution in [0.4, 0.5) is 0 Å². The number of hydrogen-bond acceptors (Lipinski definition) is 4. The minimum atomic E-state index is -0.971. The van der Waals surface area contributed by atoms with Gasteiger partial charge in [-0.3, -0.25) is 0 Å². The summed E-state index contributed by atoms with van der Waals surface area (Å²) in [6.07, 6.45) is -2.54. The molecule has 1 rings (SSSR count). The Bertz CT molecular complexity index is 145. The molecule has 1 aliphatic heterocycles. The van der Waals surface area contributed by atoms with Gasteiger partial charge in [-0.15, -0.1) is 0 Å². The highest BCUT2D eigenvalue weighted by Crippen LogP contribution is 2.25. The quantitative estimate of drug-likeness (QED) is 0.485. The van der Waals surface area contributed by atoms with E-state index in [0.29, 0.717) is 0 Å². The molecular formula is C8H16O4. The maximum absolute atomic E-state index is 9.48. The summed E-state index contributed by atoms with van der Waals surface area (Å²) in [6, 6.07) is 0. The molecule has 4 heteroatoms. The summed E-state index contributed by atoms with van der Waals surface area (Å²) in [5.41, 5.74) is 0. The third-order valence-corrected chi connectivity index (χ3v) is 2.58. The number of aliphatic hydroxyl groups excluding tert-OH is 3. The van der Waals surface area contributed by atoms with Gasteiger partial charge in [0, 0.05) is 5.92 Å². The van der Waals surface area contributed by atoms with Crippen molar-refractivity contribution in [1.29, 1.82) is 0 Å². The van der Waals surface area contributed by atoms with E-state index in [0.717, 1.165) is 0 Å². The van der Waals surface area contributed by atoms with E-state index in [-0.39, 0.29) is 18.6 Å². The van der Waals surface area contributed by atoms with E-state index in [1.807, 2.05) is 13.8 Å². The molecule has 1 heterocycles. The topological polar surface area (TPSA) is 69.9 Å². The predicted molar refractivity (Wildman–Crippen MR) is 42.6 cm³/mol. The zero-order chi connectivity index (χ0) is 9.30. The van der Waals surface area contributed by atoms with Crippen LogP contribution in [-0.2, 0) is 4.74 Å². The maximum atomic E-state index is 9.48. The van der Waals surface area contributed by atoms with E-state index < -0.39 is 18.3 Å². The van der Waals surface area contributed by atoms with Crippen LogP contribution >= 0.6 is 0 Å². The molecule has 0 bridgehead atoms. The van der Waals surface area contributed by atoms with Crippen molar-refractivity contribution in [1.82, 2.24) is 0 Å². The zero-order valence-corrected chi connectivity index (χ0v) is 7.34. The van der Waals surface area contributed by atoms with Gasteiger partial charge < -0.3 is 20.1 Å². The van der Waals surface area contributed by atoms with Crippen LogP contribution in [0.3, 0.4) is 0 Å². The van der Waals surface area contributed by atoms with E-state index in [1.54, 1.807) is 0 Å². The molecule has 1 saturated heterocycles. The van der Waals surface area contributed by atoms with Crippen LogP contribution in [0.2, 0.25) is 0 Å². The van der Waals surface area contributed by atoms with E-state index in [9.17, 15) is 10.2 Å². The predicted octanol–water partition coefficient (Wildman–Crippen LogP) is -0.876. The van der Waals surface area contributed by atoms with Crippen molar-refractivity contribution in [3.05, 3.63) is 0 Å². The van der Waals surface area contributed by atoms with Crippen LogP contribution in [0.25, 0.3) is 0 Å². The van der Waals surface area contributed by atoms with Crippen molar-refractivity contribution in [3.63, 3.8) is 0 Å². The van der Waals surface area contributed by atoms with Crippen molar-refractivity contribution in [2.75, 3.05) is 6.61 Å². The van der Waals surface area contributed by atoms with Gasteiger partial charge in [0.1, 0.15) is 12.2 Å². The standard InChI is InChI=1S/C8H16O4/c1-4-5(2)12-6(3-9)8(11)7(4)10/h4-11H,3H2,1-2H3/t4?,5-,6?,7?,8?/m1/s1. The lowest BCUT2D eigenvalue weighted by atomic mass is 9.89. The molecule has 0 aromatic heterocycles. The first-order valence-electron chi connectivity index (χ1n) is 4.20. The molecule has 0 aromatic carbocycles.